The second-order valence-electron chi connectivity index (χ2n) is 2.11. The minimum absolute atomic E-state index is 0.0970. The molecule has 0 aliphatic rings. The van der Waals surface area contributed by atoms with Gasteiger partial charge in [0, 0.05) is 12.3 Å². The molecule has 1 aromatic rings. The van der Waals surface area contributed by atoms with Gasteiger partial charge in [-0.3, -0.25) is 0 Å². The minimum Gasteiger partial charge on any atom is -0.392 e. The Kier molecular flexibility index (Phi) is 3.19. The van der Waals surface area contributed by atoms with Gasteiger partial charge in [-0.1, -0.05) is 23.8 Å². The van der Waals surface area contributed by atoms with Crippen molar-refractivity contribution in [1.82, 2.24) is 4.98 Å². The van der Waals surface area contributed by atoms with Crippen LogP contribution < -0.4 is 0 Å². The summed E-state index contributed by atoms with van der Waals surface area (Å²) >= 11 is 5.67. The van der Waals surface area contributed by atoms with Gasteiger partial charge in [-0.25, -0.2) is 4.98 Å². The normalized spacial score (nSPS) is 10.9. The van der Waals surface area contributed by atoms with Gasteiger partial charge in [0.05, 0.1) is 11.6 Å². The number of halogens is 2. The molecule has 0 bridgehead atoms. The first-order valence-electron chi connectivity index (χ1n) is 3.32. The molecular formula is C8H7ClFNO. The van der Waals surface area contributed by atoms with Crippen LogP contribution in [0.5, 0.6) is 0 Å². The zero-order chi connectivity index (χ0) is 8.97. The quantitative estimate of drug-likeness (QED) is 0.718. The Morgan fingerprint density at radius 1 is 1.67 bits per heavy atom. The van der Waals surface area contributed by atoms with E-state index < -0.39 is 5.95 Å². The molecule has 0 fully saturated rings. The fourth-order valence-electron chi connectivity index (χ4n) is 0.735. The summed E-state index contributed by atoms with van der Waals surface area (Å²) in [4.78, 5) is 3.35. The fraction of sp³-hybridized carbons (Fsp3) is 0.125. The maximum absolute atomic E-state index is 12.5. The molecule has 4 heteroatoms. The molecule has 12 heavy (non-hydrogen) atoms. The Balaban J connectivity index is 2.97. The smallest absolute Gasteiger partial charge is 0.213 e. The van der Waals surface area contributed by atoms with Gasteiger partial charge >= 0.3 is 0 Å². The highest BCUT2D eigenvalue weighted by atomic mass is 35.5. The number of hydrogen-bond acceptors (Lipinski definition) is 2. The van der Waals surface area contributed by atoms with Crippen LogP contribution in [-0.4, -0.2) is 16.7 Å². The van der Waals surface area contributed by atoms with Crippen LogP contribution >= 0.6 is 11.6 Å². The first kappa shape index (κ1) is 9.16. The fourth-order valence-corrected chi connectivity index (χ4v) is 0.901. The molecule has 0 saturated carbocycles. The molecule has 0 radical (unpaired) electrons. The van der Waals surface area contributed by atoms with E-state index in [1.54, 1.807) is 0 Å². The molecule has 0 aliphatic carbocycles. The molecular weight excluding hydrogens is 181 g/mol. The summed E-state index contributed by atoms with van der Waals surface area (Å²) < 4.78 is 12.5. The van der Waals surface area contributed by atoms with E-state index in [1.807, 2.05) is 0 Å². The number of pyridine rings is 1. The van der Waals surface area contributed by atoms with Gasteiger partial charge in [-0.05, 0) is 5.56 Å². The molecule has 0 atom stereocenters. The first-order chi connectivity index (χ1) is 5.74. The summed E-state index contributed by atoms with van der Waals surface area (Å²) in [5, 5.41) is 8.81. The van der Waals surface area contributed by atoms with Gasteiger partial charge < -0.3 is 5.11 Å². The largest absolute Gasteiger partial charge is 0.392 e. The van der Waals surface area contributed by atoms with Crippen LogP contribution in [0.4, 0.5) is 4.39 Å². The van der Waals surface area contributed by atoms with Crippen molar-refractivity contribution in [3.05, 3.63) is 34.9 Å². The highest BCUT2D eigenvalue weighted by molar-refractivity contribution is 6.31. The molecule has 0 amide bonds. The second-order valence-corrected chi connectivity index (χ2v) is 2.52. The third kappa shape index (κ3) is 2.29. The summed E-state index contributed by atoms with van der Waals surface area (Å²) in [5.41, 5.74) is 0.512. The van der Waals surface area contributed by atoms with Crippen LogP contribution in [0.25, 0.3) is 6.08 Å². The maximum Gasteiger partial charge on any atom is 0.213 e. The summed E-state index contributed by atoms with van der Waals surface area (Å²) in [7, 11) is 0. The van der Waals surface area contributed by atoms with Gasteiger partial charge in [0.2, 0.25) is 5.95 Å². The molecule has 0 spiro atoms. The van der Waals surface area contributed by atoms with Crippen molar-refractivity contribution < 1.29 is 9.50 Å². The molecule has 2 nitrogen and oxygen atoms in total. The van der Waals surface area contributed by atoms with E-state index >= 15 is 0 Å². The predicted octanol–water partition coefficient (Wildman–Crippen LogP) is 1.88. The van der Waals surface area contributed by atoms with E-state index in [4.69, 9.17) is 16.7 Å². The van der Waals surface area contributed by atoms with Gasteiger partial charge in [-0.2, -0.15) is 4.39 Å². The van der Waals surface area contributed by atoms with Gasteiger partial charge in [0.1, 0.15) is 0 Å². The van der Waals surface area contributed by atoms with Crippen molar-refractivity contribution >= 4 is 17.7 Å². The molecule has 0 saturated heterocycles. The van der Waals surface area contributed by atoms with Crippen LogP contribution in [0.15, 0.2) is 18.3 Å². The van der Waals surface area contributed by atoms with Gasteiger partial charge in [0.15, 0.2) is 0 Å². The van der Waals surface area contributed by atoms with Crippen molar-refractivity contribution in [2.75, 3.05) is 6.61 Å². The number of aromatic nitrogens is 1. The van der Waals surface area contributed by atoms with Crippen LogP contribution in [0.1, 0.15) is 5.56 Å². The number of nitrogens with zero attached hydrogens (tertiary/aromatic N) is 1. The van der Waals surface area contributed by atoms with Gasteiger partial charge in [0.25, 0.3) is 0 Å². The van der Waals surface area contributed by atoms with Crippen molar-refractivity contribution in [3.63, 3.8) is 0 Å². The molecule has 1 aromatic heterocycles. The third-order valence-electron chi connectivity index (χ3n) is 1.25. The molecule has 0 aromatic carbocycles. The zero-order valence-corrected chi connectivity index (χ0v) is 6.92. The summed E-state index contributed by atoms with van der Waals surface area (Å²) in [6.45, 7) is -0.0970. The average molecular weight is 188 g/mol. The third-order valence-corrected chi connectivity index (χ3v) is 1.57. The monoisotopic (exact) mass is 187 g/mol. The van der Waals surface area contributed by atoms with Crippen molar-refractivity contribution in [2.24, 2.45) is 0 Å². The lowest BCUT2D eigenvalue weighted by Crippen LogP contribution is -1.84. The van der Waals surface area contributed by atoms with Crippen molar-refractivity contribution in [2.45, 2.75) is 0 Å². The Labute approximate surface area is 74.3 Å². The summed E-state index contributed by atoms with van der Waals surface area (Å²) in [5.74, 6) is -0.586. The lowest BCUT2D eigenvalue weighted by Gasteiger charge is -1.95. The molecule has 1 rings (SSSR count). The average Bonchev–Trinajstić information content (AvgIpc) is 2.07. The van der Waals surface area contributed by atoms with Crippen LogP contribution in [0.3, 0.4) is 0 Å². The molecule has 64 valence electrons. The molecule has 0 aliphatic heterocycles. The maximum atomic E-state index is 12.5. The number of aliphatic hydroxyl groups excluding tert-OH is 1. The van der Waals surface area contributed by atoms with E-state index in [0.717, 1.165) is 0 Å². The summed E-state index contributed by atoms with van der Waals surface area (Å²) in [6, 6.07) is 1.20. The van der Waals surface area contributed by atoms with E-state index in [2.05, 4.69) is 4.98 Å². The van der Waals surface area contributed by atoms with E-state index in [-0.39, 0.29) is 6.61 Å². The number of aliphatic hydroxyl groups is 1. The van der Waals surface area contributed by atoms with E-state index in [1.165, 1.54) is 24.4 Å². The van der Waals surface area contributed by atoms with Gasteiger partial charge in [-0.15, -0.1) is 0 Å². The predicted molar refractivity (Wildman–Crippen MR) is 45.3 cm³/mol. The zero-order valence-electron chi connectivity index (χ0n) is 6.17. The van der Waals surface area contributed by atoms with E-state index in [9.17, 15) is 4.39 Å². The lowest BCUT2D eigenvalue weighted by molar-refractivity contribution is 0.343. The first-order valence-corrected chi connectivity index (χ1v) is 3.70. The number of rotatable bonds is 2. The standard InChI is InChI=1S/C8H7ClFNO/c9-7-5-11-8(10)4-6(7)2-1-3-12/h1-2,4-5,12H,3H2. The van der Waals surface area contributed by atoms with Crippen molar-refractivity contribution in [3.8, 4) is 0 Å². The highest BCUT2D eigenvalue weighted by Gasteiger charge is 1.98. The Morgan fingerprint density at radius 3 is 3.08 bits per heavy atom. The van der Waals surface area contributed by atoms with Crippen LogP contribution in [-0.2, 0) is 0 Å². The SMILES string of the molecule is OCC=Cc1cc(F)ncc1Cl. The van der Waals surface area contributed by atoms with Crippen LogP contribution in [0.2, 0.25) is 5.02 Å². The Morgan fingerprint density at radius 2 is 2.42 bits per heavy atom. The highest BCUT2D eigenvalue weighted by Crippen LogP contribution is 2.16. The van der Waals surface area contributed by atoms with Crippen LogP contribution in [0, 0.1) is 5.95 Å². The minimum atomic E-state index is -0.586. The second kappa shape index (κ2) is 4.18. The molecule has 0 unspecified atom stereocenters. The van der Waals surface area contributed by atoms with Crippen molar-refractivity contribution in [1.29, 1.82) is 0 Å². The van der Waals surface area contributed by atoms with E-state index in [0.29, 0.717) is 10.6 Å². The lowest BCUT2D eigenvalue weighted by atomic mass is 10.2. The number of hydrogen-bond donors (Lipinski definition) is 1. The molecule has 1 heterocycles. The Hall–Kier alpha value is -0.930. The topological polar surface area (TPSA) is 33.1 Å². The Bertz CT molecular complexity index is 301. The summed E-state index contributed by atoms with van der Waals surface area (Å²) in [6.07, 6.45) is 4.24. The molecule has 1 N–H and O–H groups in total.